The lowest BCUT2D eigenvalue weighted by atomic mass is 10.3. The summed E-state index contributed by atoms with van der Waals surface area (Å²) in [6, 6.07) is 6.88. The van der Waals surface area contributed by atoms with E-state index in [2.05, 4.69) is 15.3 Å². The average Bonchev–Trinajstić information content (AvgIpc) is 2.49. The lowest BCUT2D eigenvalue weighted by molar-refractivity contribution is -0.384. The molecule has 0 radical (unpaired) electrons. The zero-order valence-corrected chi connectivity index (χ0v) is 12.4. The minimum absolute atomic E-state index is 0.0260. The van der Waals surface area contributed by atoms with Gasteiger partial charge in [-0.05, 0) is 35.9 Å². The molecule has 1 N–H and O–H groups in total. The summed E-state index contributed by atoms with van der Waals surface area (Å²) in [5, 5.41) is 13.7. The number of aromatic nitrogens is 2. The molecule has 2 rings (SSSR count). The SMILES string of the molecule is COCCOc1ccc(Nc2nc(Cl)ncc2[N+](=O)[O-])cc1. The molecule has 0 aliphatic rings. The van der Waals surface area contributed by atoms with E-state index in [1.807, 2.05) is 0 Å². The molecule has 0 amide bonds. The first kappa shape index (κ1) is 15.9. The Morgan fingerprint density at radius 3 is 2.68 bits per heavy atom. The van der Waals surface area contributed by atoms with Crippen molar-refractivity contribution in [3.63, 3.8) is 0 Å². The van der Waals surface area contributed by atoms with Crippen LogP contribution in [0, 0.1) is 10.1 Å². The molecule has 0 aliphatic heterocycles. The number of hydrogen-bond acceptors (Lipinski definition) is 7. The first-order valence-electron chi connectivity index (χ1n) is 6.26. The van der Waals surface area contributed by atoms with Crippen LogP contribution in [0.1, 0.15) is 0 Å². The molecule has 9 heteroatoms. The molecule has 1 heterocycles. The monoisotopic (exact) mass is 324 g/mol. The molecule has 22 heavy (non-hydrogen) atoms. The second-order valence-corrected chi connectivity index (χ2v) is 4.46. The summed E-state index contributed by atoms with van der Waals surface area (Å²) in [7, 11) is 1.59. The normalized spacial score (nSPS) is 10.3. The van der Waals surface area contributed by atoms with Crippen LogP contribution in [-0.4, -0.2) is 35.2 Å². The zero-order valence-electron chi connectivity index (χ0n) is 11.7. The van der Waals surface area contributed by atoms with E-state index >= 15 is 0 Å². The van der Waals surface area contributed by atoms with Crippen LogP contribution in [0.3, 0.4) is 0 Å². The van der Waals surface area contributed by atoms with Gasteiger partial charge in [0.2, 0.25) is 11.1 Å². The first-order valence-corrected chi connectivity index (χ1v) is 6.63. The second kappa shape index (κ2) is 7.53. The van der Waals surface area contributed by atoms with Gasteiger partial charge in [0, 0.05) is 12.8 Å². The number of methoxy groups -OCH3 is 1. The third-order valence-corrected chi connectivity index (χ3v) is 2.79. The molecule has 0 fully saturated rings. The molecule has 0 aliphatic carbocycles. The van der Waals surface area contributed by atoms with Gasteiger partial charge in [-0.1, -0.05) is 0 Å². The van der Waals surface area contributed by atoms with Crippen LogP contribution in [0.2, 0.25) is 5.28 Å². The highest BCUT2D eigenvalue weighted by Crippen LogP contribution is 2.26. The number of halogens is 1. The van der Waals surface area contributed by atoms with Crippen molar-refractivity contribution in [1.82, 2.24) is 9.97 Å². The molecule has 0 spiro atoms. The summed E-state index contributed by atoms with van der Waals surface area (Å²) in [6.07, 6.45) is 1.06. The van der Waals surface area contributed by atoms with Gasteiger partial charge in [0.15, 0.2) is 0 Å². The van der Waals surface area contributed by atoms with Crippen LogP contribution in [0.5, 0.6) is 5.75 Å². The summed E-state index contributed by atoms with van der Waals surface area (Å²) in [5.41, 5.74) is 0.349. The van der Waals surface area contributed by atoms with Gasteiger partial charge < -0.3 is 14.8 Å². The van der Waals surface area contributed by atoms with Gasteiger partial charge in [0.25, 0.3) is 0 Å². The van der Waals surface area contributed by atoms with E-state index in [9.17, 15) is 10.1 Å². The molecule has 2 aromatic rings. The number of benzene rings is 1. The quantitative estimate of drug-likeness (QED) is 0.362. The lowest BCUT2D eigenvalue weighted by Crippen LogP contribution is -2.04. The van der Waals surface area contributed by atoms with Gasteiger partial charge in [-0.15, -0.1) is 0 Å². The summed E-state index contributed by atoms with van der Waals surface area (Å²) in [6.45, 7) is 0.932. The predicted octanol–water partition coefficient (Wildman–Crippen LogP) is 2.81. The van der Waals surface area contributed by atoms with Gasteiger partial charge in [-0.25, -0.2) is 4.98 Å². The van der Waals surface area contributed by atoms with Crippen LogP contribution in [0.4, 0.5) is 17.2 Å². The highest BCUT2D eigenvalue weighted by Gasteiger charge is 2.17. The van der Waals surface area contributed by atoms with Crippen LogP contribution >= 0.6 is 11.6 Å². The second-order valence-electron chi connectivity index (χ2n) is 4.12. The van der Waals surface area contributed by atoms with Crippen molar-refractivity contribution >= 4 is 28.8 Å². The van der Waals surface area contributed by atoms with Crippen LogP contribution < -0.4 is 10.1 Å². The topological polar surface area (TPSA) is 99.4 Å². The maximum atomic E-state index is 10.9. The van der Waals surface area contributed by atoms with Gasteiger partial charge in [-0.2, -0.15) is 4.98 Å². The van der Waals surface area contributed by atoms with E-state index in [0.717, 1.165) is 6.20 Å². The maximum Gasteiger partial charge on any atom is 0.329 e. The van der Waals surface area contributed by atoms with E-state index in [1.54, 1.807) is 31.4 Å². The first-order chi connectivity index (χ1) is 10.6. The largest absolute Gasteiger partial charge is 0.491 e. The van der Waals surface area contributed by atoms with Crippen LogP contribution in [-0.2, 0) is 4.74 Å². The molecule has 0 saturated heterocycles. The van der Waals surface area contributed by atoms with E-state index < -0.39 is 4.92 Å². The van der Waals surface area contributed by atoms with Crippen molar-refractivity contribution in [3.8, 4) is 5.75 Å². The minimum atomic E-state index is -0.582. The third-order valence-electron chi connectivity index (χ3n) is 2.61. The Hall–Kier alpha value is -2.45. The fraction of sp³-hybridized carbons (Fsp3) is 0.231. The summed E-state index contributed by atoms with van der Waals surface area (Å²) >= 11 is 5.67. The fourth-order valence-electron chi connectivity index (χ4n) is 1.59. The summed E-state index contributed by atoms with van der Waals surface area (Å²) in [4.78, 5) is 17.8. The number of anilines is 2. The number of nitro groups is 1. The smallest absolute Gasteiger partial charge is 0.329 e. The number of ether oxygens (including phenoxy) is 2. The van der Waals surface area contributed by atoms with Crippen LogP contribution in [0.15, 0.2) is 30.5 Å². The molecule has 0 bridgehead atoms. The minimum Gasteiger partial charge on any atom is -0.491 e. The van der Waals surface area contributed by atoms with Crippen molar-refractivity contribution in [2.24, 2.45) is 0 Å². The number of hydrogen-bond donors (Lipinski definition) is 1. The molecular weight excluding hydrogens is 312 g/mol. The van der Waals surface area contributed by atoms with E-state index in [0.29, 0.717) is 24.7 Å². The van der Waals surface area contributed by atoms with Gasteiger partial charge >= 0.3 is 5.69 Å². The molecule has 1 aromatic carbocycles. The highest BCUT2D eigenvalue weighted by molar-refractivity contribution is 6.28. The van der Waals surface area contributed by atoms with Crippen LogP contribution in [0.25, 0.3) is 0 Å². The lowest BCUT2D eigenvalue weighted by Gasteiger charge is -2.08. The highest BCUT2D eigenvalue weighted by atomic mass is 35.5. The molecule has 8 nitrogen and oxygen atoms in total. The Morgan fingerprint density at radius 1 is 1.32 bits per heavy atom. The standard InChI is InChI=1S/C13H13ClN4O4/c1-21-6-7-22-10-4-2-9(3-5-10)16-12-11(18(19)20)8-15-13(14)17-12/h2-5,8H,6-7H2,1H3,(H,15,16,17). The van der Waals surface area contributed by atoms with E-state index in [-0.39, 0.29) is 16.8 Å². The van der Waals surface area contributed by atoms with Crippen molar-refractivity contribution in [2.75, 3.05) is 25.6 Å². The van der Waals surface area contributed by atoms with Gasteiger partial charge in [-0.3, -0.25) is 10.1 Å². The molecule has 0 atom stereocenters. The van der Waals surface area contributed by atoms with Crippen molar-refractivity contribution in [1.29, 1.82) is 0 Å². The van der Waals surface area contributed by atoms with Crippen molar-refractivity contribution in [2.45, 2.75) is 0 Å². The fourth-order valence-corrected chi connectivity index (χ4v) is 1.73. The molecule has 1 aromatic heterocycles. The molecular formula is C13H13ClN4O4. The van der Waals surface area contributed by atoms with Gasteiger partial charge in [0.05, 0.1) is 11.5 Å². The Bertz CT molecular complexity index is 651. The Morgan fingerprint density at radius 2 is 2.05 bits per heavy atom. The van der Waals surface area contributed by atoms with Crippen molar-refractivity contribution < 1.29 is 14.4 Å². The molecule has 0 saturated carbocycles. The summed E-state index contributed by atoms with van der Waals surface area (Å²) < 4.78 is 10.3. The number of rotatable bonds is 7. The number of nitrogens with one attached hydrogen (secondary N) is 1. The predicted molar refractivity (Wildman–Crippen MR) is 80.8 cm³/mol. The molecule has 116 valence electrons. The Kier molecular flexibility index (Phi) is 5.45. The maximum absolute atomic E-state index is 10.9. The van der Waals surface area contributed by atoms with E-state index in [1.165, 1.54) is 0 Å². The average molecular weight is 325 g/mol. The Balaban J connectivity index is 2.11. The number of nitrogens with zero attached hydrogens (tertiary/aromatic N) is 3. The zero-order chi connectivity index (χ0) is 15.9. The summed E-state index contributed by atoms with van der Waals surface area (Å²) in [5.74, 6) is 0.691. The van der Waals surface area contributed by atoms with Gasteiger partial charge in [0.1, 0.15) is 18.6 Å². The molecule has 0 unspecified atom stereocenters. The van der Waals surface area contributed by atoms with Crippen molar-refractivity contribution in [3.05, 3.63) is 45.9 Å². The third kappa shape index (κ3) is 4.27. The Labute approximate surface area is 131 Å². The van der Waals surface area contributed by atoms with E-state index in [4.69, 9.17) is 21.1 Å².